The van der Waals surface area contributed by atoms with Gasteiger partial charge < -0.3 is 9.73 Å². The van der Waals surface area contributed by atoms with Crippen LogP contribution in [0, 0.1) is 11.8 Å². The average Bonchev–Trinajstić information content (AvgIpc) is 3.19. The van der Waals surface area contributed by atoms with E-state index in [-0.39, 0.29) is 36.1 Å². The fraction of sp³-hybridized carbons (Fsp3) is 0.588. The number of amides is 3. The van der Waals surface area contributed by atoms with Crippen molar-refractivity contribution in [3.8, 4) is 0 Å². The Morgan fingerprint density at radius 2 is 2.00 bits per heavy atom. The van der Waals surface area contributed by atoms with E-state index >= 15 is 0 Å². The highest BCUT2D eigenvalue weighted by Gasteiger charge is 2.51. The minimum Gasteiger partial charge on any atom is -0.467 e. The highest BCUT2D eigenvalue weighted by molar-refractivity contribution is 7.98. The molecule has 130 valence electrons. The molecule has 1 aliphatic carbocycles. The van der Waals surface area contributed by atoms with E-state index in [2.05, 4.69) is 5.32 Å². The Kier molecular flexibility index (Phi) is 5.28. The van der Waals surface area contributed by atoms with Gasteiger partial charge in [-0.1, -0.05) is 12.8 Å². The molecule has 2 aliphatic rings. The molecule has 1 saturated heterocycles. The minimum absolute atomic E-state index is 0.170. The van der Waals surface area contributed by atoms with E-state index in [0.717, 1.165) is 25.7 Å². The zero-order valence-electron chi connectivity index (χ0n) is 13.7. The van der Waals surface area contributed by atoms with Crippen molar-refractivity contribution in [3.63, 3.8) is 0 Å². The van der Waals surface area contributed by atoms with Crippen LogP contribution in [0.1, 0.15) is 31.4 Å². The predicted octanol–water partition coefficient (Wildman–Crippen LogP) is 1.80. The Labute approximate surface area is 145 Å². The third-order valence-electron chi connectivity index (χ3n) is 4.83. The molecule has 0 radical (unpaired) electrons. The lowest BCUT2D eigenvalue weighted by Crippen LogP contribution is -2.51. The molecule has 7 heteroatoms. The summed E-state index contributed by atoms with van der Waals surface area (Å²) in [5, 5.41) is 2.78. The molecule has 3 rings (SSSR count). The lowest BCUT2D eigenvalue weighted by atomic mass is 9.81. The van der Waals surface area contributed by atoms with Crippen molar-refractivity contribution in [2.24, 2.45) is 11.8 Å². The number of carbonyl (C=O) groups excluding carboxylic acids is 3. The molecule has 0 unspecified atom stereocenters. The number of imide groups is 1. The number of furan rings is 1. The first-order valence-corrected chi connectivity index (χ1v) is 9.68. The van der Waals surface area contributed by atoms with E-state index in [0.29, 0.717) is 11.5 Å². The van der Waals surface area contributed by atoms with Gasteiger partial charge in [0, 0.05) is 5.75 Å². The van der Waals surface area contributed by atoms with Crippen molar-refractivity contribution in [1.82, 2.24) is 10.2 Å². The summed E-state index contributed by atoms with van der Waals surface area (Å²) >= 11 is 1.46. The maximum Gasteiger partial charge on any atom is 0.244 e. The van der Waals surface area contributed by atoms with Crippen molar-refractivity contribution in [2.75, 3.05) is 12.0 Å². The molecule has 3 amide bonds. The monoisotopic (exact) mass is 350 g/mol. The van der Waals surface area contributed by atoms with E-state index in [9.17, 15) is 14.4 Å². The van der Waals surface area contributed by atoms with Crippen LogP contribution in [0.25, 0.3) is 0 Å². The van der Waals surface area contributed by atoms with Gasteiger partial charge in [-0.15, -0.1) is 0 Å². The van der Waals surface area contributed by atoms with Gasteiger partial charge in [0.25, 0.3) is 0 Å². The molecule has 0 aromatic carbocycles. The van der Waals surface area contributed by atoms with E-state index in [1.54, 1.807) is 18.4 Å². The van der Waals surface area contributed by atoms with Gasteiger partial charge in [-0.2, -0.15) is 11.8 Å². The molecule has 2 fully saturated rings. The van der Waals surface area contributed by atoms with Gasteiger partial charge in [-0.25, -0.2) is 0 Å². The molecule has 3 atom stereocenters. The highest BCUT2D eigenvalue weighted by Crippen LogP contribution is 2.39. The molecule has 0 spiro atoms. The fourth-order valence-corrected chi connectivity index (χ4v) is 4.24. The SMILES string of the molecule is CSC[C@@H](C(=O)NCc1ccco1)N1C(=O)[C@H]2CCCC[C@H]2C1=O. The first kappa shape index (κ1) is 17.1. The minimum atomic E-state index is -0.749. The Bertz CT molecular complexity index is 592. The van der Waals surface area contributed by atoms with Gasteiger partial charge in [0.15, 0.2) is 0 Å². The van der Waals surface area contributed by atoms with Crippen LogP contribution in [0.3, 0.4) is 0 Å². The maximum absolute atomic E-state index is 12.7. The molecular weight excluding hydrogens is 328 g/mol. The first-order valence-electron chi connectivity index (χ1n) is 8.29. The Hall–Kier alpha value is -1.76. The second-order valence-electron chi connectivity index (χ2n) is 6.31. The summed E-state index contributed by atoms with van der Waals surface area (Å²) in [6, 6.07) is 2.77. The second-order valence-corrected chi connectivity index (χ2v) is 7.22. The number of thioether (sulfide) groups is 1. The predicted molar refractivity (Wildman–Crippen MR) is 90.0 cm³/mol. The molecular formula is C17H22N2O4S. The van der Waals surface area contributed by atoms with E-state index in [4.69, 9.17) is 4.42 Å². The van der Waals surface area contributed by atoms with Crippen LogP contribution >= 0.6 is 11.8 Å². The molecule has 1 aromatic rings. The van der Waals surface area contributed by atoms with Gasteiger partial charge in [-0.3, -0.25) is 19.3 Å². The maximum atomic E-state index is 12.7. The standard InChI is InChI=1S/C17H22N2O4S/c1-24-10-14(15(20)18-9-11-5-4-8-23-11)19-16(21)12-6-2-3-7-13(12)17(19)22/h4-5,8,12-14H,2-3,6-7,9-10H2,1H3,(H,18,20)/t12-,13+,14-/m0/s1. The molecule has 1 N–H and O–H groups in total. The van der Waals surface area contributed by atoms with E-state index in [1.807, 2.05) is 6.26 Å². The summed E-state index contributed by atoms with van der Waals surface area (Å²) in [5.74, 6) is -0.0585. The van der Waals surface area contributed by atoms with Crippen LogP contribution in [0.15, 0.2) is 22.8 Å². The first-order chi connectivity index (χ1) is 11.6. The van der Waals surface area contributed by atoms with Crippen molar-refractivity contribution in [2.45, 2.75) is 38.3 Å². The lowest BCUT2D eigenvalue weighted by Gasteiger charge is -2.25. The van der Waals surface area contributed by atoms with Gasteiger partial charge in [0.1, 0.15) is 11.8 Å². The normalized spacial score (nSPS) is 24.8. The number of nitrogens with zero attached hydrogens (tertiary/aromatic N) is 1. The largest absolute Gasteiger partial charge is 0.467 e. The highest BCUT2D eigenvalue weighted by atomic mass is 32.2. The Balaban J connectivity index is 1.73. The van der Waals surface area contributed by atoms with Gasteiger partial charge in [0.2, 0.25) is 17.7 Å². The van der Waals surface area contributed by atoms with E-state index in [1.165, 1.54) is 16.7 Å². The summed E-state index contributed by atoms with van der Waals surface area (Å²) < 4.78 is 5.20. The Morgan fingerprint density at radius 3 is 2.54 bits per heavy atom. The number of likely N-dealkylation sites (tertiary alicyclic amines) is 1. The third kappa shape index (κ3) is 3.22. The summed E-state index contributed by atoms with van der Waals surface area (Å²) in [7, 11) is 0. The van der Waals surface area contributed by atoms with Crippen LogP contribution in [0.4, 0.5) is 0 Å². The lowest BCUT2D eigenvalue weighted by molar-refractivity contribution is -0.147. The number of nitrogens with one attached hydrogen (secondary N) is 1. The second kappa shape index (κ2) is 7.42. The zero-order valence-corrected chi connectivity index (χ0v) is 14.5. The zero-order chi connectivity index (χ0) is 17.1. The number of rotatable bonds is 6. The summed E-state index contributed by atoms with van der Waals surface area (Å²) in [5.41, 5.74) is 0. The Morgan fingerprint density at radius 1 is 1.33 bits per heavy atom. The van der Waals surface area contributed by atoms with Gasteiger partial charge in [0.05, 0.1) is 24.6 Å². The summed E-state index contributed by atoms with van der Waals surface area (Å²) in [6.07, 6.45) is 6.87. The van der Waals surface area contributed by atoms with Crippen molar-refractivity contribution in [3.05, 3.63) is 24.2 Å². The van der Waals surface area contributed by atoms with Gasteiger partial charge >= 0.3 is 0 Å². The number of carbonyl (C=O) groups is 3. The molecule has 0 bridgehead atoms. The van der Waals surface area contributed by atoms with Crippen LogP contribution in [0.5, 0.6) is 0 Å². The summed E-state index contributed by atoms with van der Waals surface area (Å²) in [6.45, 7) is 0.250. The molecule has 2 heterocycles. The van der Waals surface area contributed by atoms with Crippen molar-refractivity contribution in [1.29, 1.82) is 0 Å². The molecule has 1 saturated carbocycles. The number of hydrogen-bond acceptors (Lipinski definition) is 5. The number of fused-ring (bicyclic) bond motifs is 1. The quantitative estimate of drug-likeness (QED) is 0.792. The fourth-order valence-electron chi connectivity index (χ4n) is 3.63. The van der Waals surface area contributed by atoms with Crippen LogP contribution in [0.2, 0.25) is 0 Å². The van der Waals surface area contributed by atoms with E-state index < -0.39 is 6.04 Å². The molecule has 24 heavy (non-hydrogen) atoms. The van der Waals surface area contributed by atoms with Crippen LogP contribution in [-0.4, -0.2) is 40.7 Å². The topological polar surface area (TPSA) is 79.6 Å². The van der Waals surface area contributed by atoms with Crippen LogP contribution in [-0.2, 0) is 20.9 Å². The van der Waals surface area contributed by atoms with Crippen molar-refractivity contribution >= 4 is 29.5 Å². The van der Waals surface area contributed by atoms with Crippen LogP contribution < -0.4 is 5.32 Å². The molecule has 1 aromatic heterocycles. The smallest absolute Gasteiger partial charge is 0.244 e. The number of hydrogen-bond donors (Lipinski definition) is 1. The molecule has 6 nitrogen and oxygen atoms in total. The third-order valence-corrected chi connectivity index (χ3v) is 5.48. The summed E-state index contributed by atoms with van der Waals surface area (Å²) in [4.78, 5) is 39.2. The average molecular weight is 350 g/mol. The van der Waals surface area contributed by atoms with Gasteiger partial charge in [-0.05, 0) is 31.2 Å². The van der Waals surface area contributed by atoms with Crippen molar-refractivity contribution < 1.29 is 18.8 Å². The molecule has 1 aliphatic heterocycles.